The van der Waals surface area contributed by atoms with Gasteiger partial charge in [-0.2, -0.15) is 0 Å². The smallest absolute Gasteiger partial charge is 0.0317 e. The van der Waals surface area contributed by atoms with E-state index in [9.17, 15) is 0 Å². The van der Waals surface area contributed by atoms with Crippen molar-refractivity contribution in [3.63, 3.8) is 0 Å². The topological polar surface area (TPSA) is 29.3 Å². The number of benzene rings is 1. The van der Waals surface area contributed by atoms with E-state index in [-0.39, 0.29) is 0 Å². The molecule has 17 heavy (non-hydrogen) atoms. The molecule has 92 valence electrons. The van der Waals surface area contributed by atoms with Gasteiger partial charge in [0.05, 0.1) is 0 Å². The maximum atomic E-state index is 5.81. The number of anilines is 1. The minimum Gasteiger partial charge on any atom is -0.399 e. The van der Waals surface area contributed by atoms with Crippen LogP contribution in [-0.2, 0) is 6.54 Å². The van der Waals surface area contributed by atoms with E-state index in [0.717, 1.165) is 12.2 Å². The largest absolute Gasteiger partial charge is 0.399 e. The Labute approximate surface area is 104 Å². The van der Waals surface area contributed by atoms with Crippen molar-refractivity contribution in [1.29, 1.82) is 0 Å². The Morgan fingerprint density at radius 2 is 1.88 bits per heavy atom. The molecule has 2 N–H and O–H groups in total. The average molecular weight is 230 g/mol. The van der Waals surface area contributed by atoms with Crippen LogP contribution in [0.2, 0.25) is 0 Å². The van der Waals surface area contributed by atoms with E-state index < -0.39 is 0 Å². The summed E-state index contributed by atoms with van der Waals surface area (Å²) in [5, 5.41) is 0. The molecular weight excluding hydrogens is 208 g/mol. The Hall–Kier alpha value is -1.02. The van der Waals surface area contributed by atoms with Crippen LogP contribution in [0.4, 0.5) is 5.69 Å². The van der Waals surface area contributed by atoms with Gasteiger partial charge in [0.15, 0.2) is 0 Å². The number of likely N-dealkylation sites (tertiary alicyclic amines) is 1. The van der Waals surface area contributed by atoms with Gasteiger partial charge in [-0.15, -0.1) is 0 Å². The molecule has 2 aliphatic rings. The average Bonchev–Trinajstić information content (AvgIpc) is 2.28. The van der Waals surface area contributed by atoms with Crippen molar-refractivity contribution in [3.05, 3.63) is 29.8 Å². The van der Waals surface area contributed by atoms with E-state index in [4.69, 9.17) is 5.73 Å². The van der Waals surface area contributed by atoms with Crippen LogP contribution in [0.15, 0.2) is 24.3 Å². The first kappa shape index (κ1) is 11.1. The van der Waals surface area contributed by atoms with Crippen molar-refractivity contribution in [2.75, 3.05) is 18.8 Å². The number of hydrogen-bond acceptors (Lipinski definition) is 2. The third-order valence-electron chi connectivity index (χ3n) is 4.39. The second-order valence-corrected chi connectivity index (χ2v) is 5.95. The maximum Gasteiger partial charge on any atom is 0.0317 e. The monoisotopic (exact) mass is 230 g/mol. The Morgan fingerprint density at radius 1 is 1.12 bits per heavy atom. The fourth-order valence-electron chi connectivity index (χ4n) is 3.58. The molecule has 2 nitrogen and oxygen atoms in total. The second-order valence-electron chi connectivity index (χ2n) is 5.95. The molecule has 0 bridgehead atoms. The zero-order valence-electron chi connectivity index (χ0n) is 10.5. The lowest BCUT2D eigenvalue weighted by Gasteiger charge is -2.52. The van der Waals surface area contributed by atoms with Gasteiger partial charge in [0.1, 0.15) is 0 Å². The quantitative estimate of drug-likeness (QED) is 0.791. The highest BCUT2D eigenvalue weighted by molar-refractivity contribution is 5.40. The number of nitrogens with zero attached hydrogens (tertiary/aromatic N) is 1. The SMILES string of the molecule is Nc1cccc(CN2CC3(CCCCC3)C2)c1. The normalized spacial score (nSPS) is 23.5. The molecule has 0 unspecified atom stereocenters. The maximum absolute atomic E-state index is 5.81. The van der Waals surface area contributed by atoms with Crippen LogP contribution < -0.4 is 5.73 Å². The highest BCUT2D eigenvalue weighted by Crippen LogP contribution is 2.44. The molecule has 1 aliphatic carbocycles. The van der Waals surface area contributed by atoms with Crippen molar-refractivity contribution in [3.8, 4) is 0 Å². The molecule has 1 heterocycles. The summed E-state index contributed by atoms with van der Waals surface area (Å²) in [6.07, 6.45) is 7.27. The van der Waals surface area contributed by atoms with Gasteiger partial charge in [-0.25, -0.2) is 0 Å². The summed E-state index contributed by atoms with van der Waals surface area (Å²) < 4.78 is 0. The molecule has 2 fully saturated rings. The van der Waals surface area contributed by atoms with Crippen molar-refractivity contribution in [2.24, 2.45) is 5.41 Å². The van der Waals surface area contributed by atoms with Gasteiger partial charge in [-0.3, -0.25) is 4.90 Å². The molecule has 1 saturated carbocycles. The molecule has 0 radical (unpaired) electrons. The Bertz CT molecular complexity index is 386. The molecule has 1 aromatic carbocycles. The van der Waals surface area contributed by atoms with Crippen LogP contribution in [0.3, 0.4) is 0 Å². The zero-order valence-corrected chi connectivity index (χ0v) is 10.5. The van der Waals surface area contributed by atoms with E-state index in [1.54, 1.807) is 0 Å². The van der Waals surface area contributed by atoms with Crippen LogP contribution in [0.1, 0.15) is 37.7 Å². The van der Waals surface area contributed by atoms with Crippen molar-refractivity contribution < 1.29 is 0 Å². The van der Waals surface area contributed by atoms with Crippen LogP contribution in [0.5, 0.6) is 0 Å². The molecule has 1 aliphatic heterocycles. The Morgan fingerprint density at radius 3 is 2.59 bits per heavy atom. The number of nitrogen functional groups attached to an aromatic ring is 1. The first-order valence-corrected chi connectivity index (χ1v) is 6.83. The number of rotatable bonds is 2. The minimum atomic E-state index is 0.693. The molecule has 2 heteroatoms. The summed E-state index contributed by atoms with van der Waals surface area (Å²) in [4.78, 5) is 2.57. The predicted molar refractivity (Wildman–Crippen MR) is 71.6 cm³/mol. The summed E-state index contributed by atoms with van der Waals surface area (Å²) >= 11 is 0. The summed E-state index contributed by atoms with van der Waals surface area (Å²) in [5.41, 5.74) is 8.75. The minimum absolute atomic E-state index is 0.693. The summed E-state index contributed by atoms with van der Waals surface area (Å²) in [5.74, 6) is 0. The molecule has 3 rings (SSSR count). The van der Waals surface area contributed by atoms with Gasteiger partial charge >= 0.3 is 0 Å². The molecule has 0 aromatic heterocycles. The van der Waals surface area contributed by atoms with Gasteiger partial charge in [0.2, 0.25) is 0 Å². The van der Waals surface area contributed by atoms with E-state index >= 15 is 0 Å². The van der Waals surface area contributed by atoms with Crippen LogP contribution in [-0.4, -0.2) is 18.0 Å². The fraction of sp³-hybridized carbons (Fsp3) is 0.600. The first-order valence-electron chi connectivity index (χ1n) is 6.83. The van der Waals surface area contributed by atoms with Gasteiger partial charge in [0, 0.05) is 25.3 Å². The van der Waals surface area contributed by atoms with Gasteiger partial charge in [0.25, 0.3) is 0 Å². The fourth-order valence-corrected chi connectivity index (χ4v) is 3.58. The first-order chi connectivity index (χ1) is 8.26. The molecular formula is C15H22N2. The lowest BCUT2D eigenvalue weighted by molar-refractivity contribution is -0.0332. The standard InChI is InChI=1S/C15H22N2/c16-14-6-4-5-13(9-14)10-17-11-15(12-17)7-2-1-3-8-15/h4-6,9H,1-3,7-8,10-12,16H2. The molecule has 1 spiro atoms. The van der Waals surface area contributed by atoms with Crippen LogP contribution >= 0.6 is 0 Å². The zero-order chi connectivity index (χ0) is 11.7. The summed E-state index contributed by atoms with van der Waals surface area (Å²) in [7, 11) is 0. The van der Waals surface area contributed by atoms with Gasteiger partial charge in [-0.1, -0.05) is 31.4 Å². The molecule has 1 saturated heterocycles. The second kappa shape index (κ2) is 4.34. The highest BCUT2D eigenvalue weighted by Gasteiger charge is 2.42. The van der Waals surface area contributed by atoms with Crippen LogP contribution in [0, 0.1) is 5.41 Å². The van der Waals surface area contributed by atoms with Crippen molar-refractivity contribution in [2.45, 2.75) is 38.6 Å². The summed E-state index contributed by atoms with van der Waals surface area (Å²) in [6.45, 7) is 3.69. The van der Waals surface area contributed by atoms with Gasteiger partial charge in [-0.05, 0) is 36.0 Å². The number of hydrogen-bond donors (Lipinski definition) is 1. The molecule has 1 aromatic rings. The lowest BCUT2D eigenvalue weighted by atomic mass is 9.68. The highest BCUT2D eigenvalue weighted by atomic mass is 15.2. The van der Waals surface area contributed by atoms with E-state index in [0.29, 0.717) is 5.41 Å². The van der Waals surface area contributed by atoms with Crippen molar-refractivity contribution >= 4 is 5.69 Å². The summed E-state index contributed by atoms with van der Waals surface area (Å²) in [6, 6.07) is 8.30. The molecule has 0 atom stereocenters. The Balaban J connectivity index is 1.55. The lowest BCUT2D eigenvalue weighted by Crippen LogP contribution is -2.56. The van der Waals surface area contributed by atoms with E-state index in [1.165, 1.54) is 50.8 Å². The third kappa shape index (κ3) is 2.32. The van der Waals surface area contributed by atoms with Crippen LogP contribution in [0.25, 0.3) is 0 Å². The van der Waals surface area contributed by atoms with E-state index in [1.807, 2.05) is 6.07 Å². The van der Waals surface area contributed by atoms with E-state index in [2.05, 4.69) is 23.1 Å². The Kier molecular flexibility index (Phi) is 2.83. The predicted octanol–water partition coefficient (Wildman–Crippen LogP) is 3.03. The third-order valence-corrected chi connectivity index (χ3v) is 4.39. The van der Waals surface area contributed by atoms with Crippen molar-refractivity contribution in [1.82, 2.24) is 4.90 Å². The number of nitrogens with two attached hydrogens (primary N) is 1. The molecule has 0 amide bonds. The van der Waals surface area contributed by atoms with Gasteiger partial charge < -0.3 is 5.73 Å².